The molecule has 1 saturated heterocycles. The molecule has 1 aliphatic carbocycles. The minimum atomic E-state index is -0.120. The fraction of sp³-hybridized carbons (Fsp3) is 0.500. The van der Waals surface area contributed by atoms with E-state index in [0.717, 1.165) is 58.4 Å². The van der Waals surface area contributed by atoms with Crippen LogP contribution in [-0.4, -0.2) is 60.3 Å². The van der Waals surface area contributed by atoms with Crippen molar-refractivity contribution in [3.8, 4) is 0 Å². The zero-order valence-corrected chi connectivity index (χ0v) is 17.6. The van der Waals surface area contributed by atoms with E-state index < -0.39 is 0 Å². The molecule has 0 bridgehead atoms. The summed E-state index contributed by atoms with van der Waals surface area (Å²) in [5.74, 6) is -0.120. The maximum Gasteiger partial charge on any atom is 0.123 e. The van der Waals surface area contributed by atoms with Gasteiger partial charge in [0.25, 0.3) is 0 Å². The van der Waals surface area contributed by atoms with Gasteiger partial charge in [0.1, 0.15) is 5.82 Å². The second-order valence-corrected chi connectivity index (χ2v) is 9.74. The number of β-amino-alcohol motifs (C(OH)–C–C–N with tert-alkyl or cyclic N) is 1. The van der Waals surface area contributed by atoms with E-state index >= 15 is 0 Å². The number of aliphatic hydroxyl groups is 1. The van der Waals surface area contributed by atoms with E-state index in [1.807, 2.05) is 6.07 Å². The summed E-state index contributed by atoms with van der Waals surface area (Å²) in [5, 5.41) is 9.17. The quantitative estimate of drug-likeness (QED) is 0.820. The first-order chi connectivity index (χ1) is 14.2. The maximum atomic E-state index is 14.2. The van der Waals surface area contributed by atoms with Crippen LogP contribution in [0.4, 0.5) is 4.39 Å². The molecule has 2 fully saturated rings. The Morgan fingerprint density at radius 2 is 1.69 bits per heavy atom. The van der Waals surface area contributed by atoms with Crippen LogP contribution in [0.25, 0.3) is 0 Å². The van der Waals surface area contributed by atoms with Crippen molar-refractivity contribution in [1.29, 1.82) is 0 Å². The van der Waals surface area contributed by atoms with E-state index in [-0.39, 0.29) is 17.8 Å². The summed E-state index contributed by atoms with van der Waals surface area (Å²) in [5.41, 5.74) is 2.55. The van der Waals surface area contributed by atoms with Crippen molar-refractivity contribution in [3.63, 3.8) is 0 Å². The predicted octanol–water partition coefficient (Wildman–Crippen LogP) is 4.13. The van der Waals surface area contributed by atoms with Crippen LogP contribution < -0.4 is 0 Å². The fourth-order valence-corrected chi connectivity index (χ4v) is 6.93. The molecule has 29 heavy (non-hydrogen) atoms. The normalized spacial score (nSPS) is 27.6. The van der Waals surface area contributed by atoms with Gasteiger partial charge in [0.05, 0.1) is 6.61 Å². The highest BCUT2D eigenvalue weighted by Gasteiger charge is 2.44. The average Bonchev–Trinajstić information content (AvgIpc) is 2.76. The average molecular weight is 413 g/mol. The van der Waals surface area contributed by atoms with Crippen molar-refractivity contribution in [2.45, 2.75) is 46.9 Å². The van der Waals surface area contributed by atoms with Crippen molar-refractivity contribution in [1.82, 2.24) is 9.80 Å². The zero-order chi connectivity index (χ0) is 19.8. The third-order valence-electron chi connectivity index (χ3n) is 7.23. The Morgan fingerprint density at radius 3 is 2.45 bits per heavy atom. The van der Waals surface area contributed by atoms with E-state index in [1.54, 1.807) is 23.9 Å². The molecule has 2 aromatic carbocycles. The Hall–Kier alpha value is -1.40. The summed E-state index contributed by atoms with van der Waals surface area (Å²) >= 11 is 1.79. The lowest BCUT2D eigenvalue weighted by molar-refractivity contribution is 0.0611. The van der Waals surface area contributed by atoms with Crippen LogP contribution >= 0.6 is 11.8 Å². The Bertz CT molecular complexity index is 873. The lowest BCUT2D eigenvalue weighted by atomic mass is 9.64. The number of hydrogen-bond donors (Lipinski definition) is 1. The molecule has 154 valence electrons. The predicted molar refractivity (Wildman–Crippen MR) is 115 cm³/mol. The number of hydrogen-bond acceptors (Lipinski definition) is 4. The third kappa shape index (κ3) is 3.52. The van der Waals surface area contributed by atoms with Gasteiger partial charge in [-0.3, -0.25) is 9.80 Å². The number of benzene rings is 2. The number of piperazine rings is 1. The second-order valence-electron chi connectivity index (χ2n) is 8.65. The van der Waals surface area contributed by atoms with Crippen molar-refractivity contribution in [3.05, 3.63) is 59.4 Å². The minimum absolute atomic E-state index is 0.0471. The summed E-state index contributed by atoms with van der Waals surface area (Å²) < 4.78 is 14.2. The monoisotopic (exact) mass is 412 g/mol. The molecule has 1 spiro atoms. The van der Waals surface area contributed by atoms with Crippen LogP contribution in [0, 0.1) is 5.82 Å². The van der Waals surface area contributed by atoms with E-state index in [1.165, 1.54) is 20.9 Å². The Labute approximate surface area is 176 Å². The molecule has 3 nitrogen and oxygen atoms in total. The number of aliphatic hydroxyl groups excluding tert-OH is 1. The molecule has 2 aliphatic heterocycles. The van der Waals surface area contributed by atoms with E-state index in [9.17, 15) is 4.39 Å². The Kier molecular flexibility index (Phi) is 5.41. The standard InChI is InChI=1S/C24H29FN2OS/c25-18-5-6-23-21(17-18)24(20-3-1-2-4-22(20)29-23)9-7-19(8-10-24)27-13-11-26(12-14-27)15-16-28/h1-6,17,19,28H,7-16H2. The Morgan fingerprint density at radius 1 is 0.966 bits per heavy atom. The molecule has 0 radical (unpaired) electrons. The fourth-order valence-electron chi connectivity index (χ4n) is 5.67. The molecular formula is C24H29FN2OS. The number of nitrogens with zero attached hydrogens (tertiary/aromatic N) is 2. The van der Waals surface area contributed by atoms with Gasteiger partial charge in [0.2, 0.25) is 0 Å². The number of halogens is 1. The van der Waals surface area contributed by atoms with Crippen molar-refractivity contribution in [2.75, 3.05) is 39.3 Å². The molecule has 0 aromatic heterocycles. The molecular weight excluding hydrogens is 383 g/mol. The van der Waals surface area contributed by atoms with Gasteiger partial charge in [-0.25, -0.2) is 4.39 Å². The van der Waals surface area contributed by atoms with Crippen LogP contribution in [0.2, 0.25) is 0 Å². The van der Waals surface area contributed by atoms with Crippen molar-refractivity contribution < 1.29 is 9.50 Å². The van der Waals surface area contributed by atoms with Crippen LogP contribution in [0.15, 0.2) is 52.3 Å². The van der Waals surface area contributed by atoms with E-state index in [0.29, 0.717) is 6.04 Å². The first kappa shape index (κ1) is 19.6. The topological polar surface area (TPSA) is 26.7 Å². The van der Waals surface area contributed by atoms with Gasteiger partial charge < -0.3 is 5.11 Å². The van der Waals surface area contributed by atoms with E-state index in [2.05, 4.69) is 34.1 Å². The molecule has 0 atom stereocenters. The lowest BCUT2D eigenvalue weighted by Crippen LogP contribution is -2.52. The van der Waals surface area contributed by atoms with Gasteiger partial charge in [-0.2, -0.15) is 0 Å². The van der Waals surface area contributed by atoms with Crippen LogP contribution in [0.1, 0.15) is 36.8 Å². The molecule has 2 aromatic rings. The Balaban J connectivity index is 1.38. The molecule has 1 N–H and O–H groups in total. The van der Waals surface area contributed by atoms with Gasteiger partial charge >= 0.3 is 0 Å². The highest BCUT2D eigenvalue weighted by molar-refractivity contribution is 7.99. The molecule has 2 heterocycles. The third-order valence-corrected chi connectivity index (χ3v) is 8.38. The van der Waals surface area contributed by atoms with Gasteiger partial charge in [0, 0.05) is 54.0 Å². The SMILES string of the molecule is OCCN1CCN(C2CCC3(CC2)c2ccccc2Sc2ccc(F)cc23)CC1. The summed E-state index contributed by atoms with van der Waals surface area (Å²) in [7, 11) is 0. The molecule has 0 unspecified atom stereocenters. The first-order valence-electron chi connectivity index (χ1n) is 10.8. The summed E-state index contributed by atoms with van der Waals surface area (Å²) in [4.78, 5) is 7.56. The highest BCUT2D eigenvalue weighted by Crippen LogP contribution is 2.55. The van der Waals surface area contributed by atoms with Gasteiger partial charge in [-0.15, -0.1) is 0 Å². The van der Waals surface area contributed by atoms with Crippen LogP contribution in [-0.2, 0) is 5.41 Å². The van der Waals surface area contributed by atoms with E-state index in [4.69, 9.17) is 5.11 Å². The number of rotatable bonds is 3. The van der Waals surface area contributed by atoms with Gasteiger partial charge in [0.15, 0.2) is 0 Å². The smallest absolute Gasteiger partial charge is 0.123 e. The molecule has 0 amide bonds. The first-order valence-corrected chi connectivity index (χ1v) is 11.7. The highest BCUT2D eigenvalue weighted by atomic mass is 32.2. The molecule has 5 heteroatoms. The van der Waals surface area contributed by atoms with Crippen LogP contribution in [0.3, 0.4) is 0 Å². The minimum Gasteiger partial charge on any atom is -0.395 e. The lowest BCUT2D eigenvalue weighted by Gasteiger charge is -2.48. The van der Waals surface area contributed by atoms with Crippen molar-refractivity contribution in [2.24, 2.45) is 0 Å². The summed E-state index contributed by atoms with van der Waals surface area (Å²) in [6.07, 6.45) is 4.50. The number of fused-ring (bicyclic) bond motifs is 4. The zero-order valence-electron chi connectivity index (χ0n) is 16.8. The maximum absolute atomic E-state index is 14.2. The summed E-state index contributed by atoms with van der Waals surface area (Å²) in [6, 6.07) is 14.7. The largest absolute Gasteiger partial charge is 0.395 e. The van der Waals surface area contributed by atoms with Gasteiger partial charge in [-0.05, 0) is 61.1 Å². The molecule has 5 rings (SSSR count). The molecule has 3 aliphatic rings. The van der Waals surface area contributed by atoms with Crippen LogP contribution in [0.5, 0.6) is 0 Å². The summed E-state index contributed by atoms with van der Waals surface area (Å²) in [6.45, 7) is 5.33. The molecule has 1 saturated carbocycles. The van der Waals surface area contributed by atoms with Gasteiger partial charge in [-0.1, -0.05) is 30.0 Å². The van der Waals surface area contributed by atoms with Crippen molar-refractivity contribution >= 4 is 11.8 Å². The second kappa shape index (κ2) is 8.03.